The van der Waals surface area contributed by atoms with Gasteiger partial charge in [-0.05, 0) is 42.4 Å². The lowest BCUT2D eigenvalue weighted by Gasteiger charge is -2.11. The lowest BCUT2D eigenvalue weighted by Crippen LogP contribution is -2.31. The van der Waals surface area contributed by atoms with Crippen LogP contribution in [-0.4, -0.2) is 22.5 Å². The molecule has 1 saturated heterocycles. The molecule has 0 saturated carbocycles. The van der Waals surface area contributed by atoms with E-state index in [1.165, 1.54) is 0 Å². The van der Waals surface area contributed by atoms with E-state index in [0.717, 1.165) is 12.0 Å². The molecule has 1 N–H and O–H groups in total. The number of thiocarbonyl (C=S) groups is 1. The summed E-state index contributed by atoms with van der Waals surface area (Å²) in [7, 11) is 0. The van der Waals surface area contributed by atoms with Crippen molar-refractivity contribution in [1.29, 1.82) is 0 Å². The van der Waals surface area contributed by atoms with Crippen molar-refractivity contribution in [1.82, 2.24) is 10.2 Å². The van der Waals surface area contributed by atoms with Gasteiger partial charge in [-0.2, -0.15) is 0 Å². The molecular weight excluding hydrogens is 268 g/mol. The number of rotatable bonds is 3. The minimum atomic E-state index is -0.0724. The Labute approximate surface area is 116 Å². The highest BCUT2D eigenvalue weighted by Crippen LogP contribution is 2.16. The first-order valence-corrected chi connectivity index (χ1v) is 6.50. The molecule has 18 heavy (non-hydrogen) atoms. The third kappa shape index (κ3) is 2.71. The summed E-state index contributed by atoms with van der Waals surface area (Å²) in [6.45, 7) is 2.65. The minimum absolute atomic E-state index is 0.0724. The normalized spacial score (nSPS) is 17.4. The molecule has 1 aliphatic rings. The van der Waals surface area contributed by atoms with Gasteiger partial charge in [0.15, 0.2) is 5.11 Å². The fraction of sp³-hybridized carbons (Fsp3) is 0.231. The number of carbonyl (C=O) groups is 1. The molecular formula is C13H13ClN2OS. The van der Waals surface area contributed by atoms with Crippen molar-refractivity contribution in [3.63, 3.8) is 0 Å². The summed E-state index contributed by atoms with van der Waals surface area (Å²) in [6.07, 6.45) is 2.66. The van der Waals surface area contributed by atoms with Gasteiger partial charge in [0.05, 0.1) is 0 Å². The van der Waals surface area contributed by atoms with Gasteiger partial charge >= 0.3 is 0 Å². The van der Waals surface area contributed by atoms with Crippen molar-refractivity contribution in [2.45, 2.75) is 13.3 Å². The maximum Gasteiger partial charge on any atom is 0.276 e. The molecule has 1 aliphatic heterocycles. The van der Waals surface area contributed by atoms with Crippen molar-refractivity contribution >= 4 is 40.9 Å². The molecule has 0 spiro atoms. The molecule has 1 amide bonds. The Morgan fingerprint density at radius 2 is 2.06 bits per heavy atom. The Hall–Kier alpha value is -1.39. The van der Waals surface area contributed by atoms with Crippen LogP contribution in [0.15, 0.2) is 30.0 Å². The average Bonchev–Trinajstić information content (AvgIpc) is 2.60. The van der Waals surface area contributed by atoms with Crippen LogP contribution < -0.4 is 5.32 Å². The first kappa shape index (κ1) is 13.1. The van der Waals surface area contributed by atoms with Crippen LogP contribution in [0.25, 0.3) is 6.08 Å². The fourth-order valence-electron chi connectivity index (χ4n) is 1.72. The largest absolute Gasteiger partial charge is 0.328 e. The highest BCUT2D eigenvalue weighted by Gasteiger charge is 2.29. The van der Waals surface area contributed by atoms with Gasteiger partial charge in [0.2, 0.25) is 0 Å². The van der Waals surface area contributed by atoms with Crippen molar-refractivity contribution in [3.05, 3.63) is 40.5 Å². The zero-order valence-electron chi connectivity index (χ0n) is 9.94. The number of amides is 1. The van der Waals surface area contributed by atoms with Crippen molar-refractivity contribution in [3.8, 4) is 0 Å². The molecule has 1 heterocycles. The molecule has 1 aromatic carbocycles. The maximum absolute atomic E-state index is 12.1. The van der Waals surface area contributed by atoms with Gasteiger partial charge in [0.25, 0.3) is 5.91 Å². The van der Waals surface area contributed by atoms with E-state index >= 15 is 0 Å². The van der Waals surface area contributed by atoms with E-state index in [2.05, 4.69) is 5.32 Å². The van der Waals surface area contributed by atoms with Crippen molar-refractivity contribution in [2.24, 2.45) is 0 Å². The Morgan fingerprint density at radius 3 is 2.67 bits per heavy atom. The lowest BCUT2D eigenvalue weighted by atomic mass is 10.2. The van der Waals surface area contributed by atoms with Crippen molar-refractivity contribution < 1.29 is 4.79 Å². The third-order valence-corrected chi connectivity index (χ3v) is 3.16. The summed E-state index contributed by atoms with van der Waals surface area (Å²) in [5, 5.41) is 4.08. The number of halogens is 1. The van der Waals surface area contributed by atoms with Gasteiger partial charge in [0.1, 0.15) is 5.70 Å². The Bertz CT molecular complexity index is 510. The molecule has 1 fully saturated rings. The van der Waals surface area contributed by atoms with E-state index in [4.69, 9.17) is 23.8 Å². The van der Waals surface area contributed by atoms with Gasteiger partial charge < -0.3 is 5.32 Å². The first-order valence-electron chi connectivity index (χ1n) is 5.72. The summed E-state index contributed by atoms with van der Waals surface area (Å²) in [5.41, 5.74) is 1.42. The molecule has 5 heteroatoms. The Kier molecular flexibility index (Phi) is 3.99. The average molecular weight is 281 g/mol. The van der Waals surface area contributed by atoms with Crippen LogP contribution in [0.2, 0.25) is 5.02 Å². The van der Waals surface area contributed by atoms with Gasteiger partial charge in [-0.3, -0.25) is 9.69 Å². The van der Waals surface area contributed by atoms with E-state index in [9.17, 15) is 4.79 Å². The molecule has 3 nitrogen and oxygen atoms in total. The molecule has 0 aliphatic carbocycles. The van der Waals surface area contributed by atoms with E-state index in [0.29, 0.717) is 22.4 Å². The van der Waals surface area contributed by atoms with E-state index < -0.39 is 0 Å². The first-order chi connectivity index (χ1) is 8.61. The number of benzene rings is 1. The summed E-state index contributed by atoms with van der Waals surface area (Å²) in [5.74, 6) is -0.0724. The molecule has 0 unspecified atom stereocenters. The Morgan fingerprint density at radius 1 is 1.39 bits per heavy atom. The van der Waals surface area contributed by atoms with Crippen LogP contribution in [0.1, 0.15) is 18.9 Å². The van der Waals surface area contributed by atoms with E-state index in [1.54, 1.807) is 23.1 Å². The summed E-state index contributed by atoms with van der Waals surface area (Å²) >= 11 is 10.9. The Balaban J connectivity index is 2.22. The summed E-state index contributed by atoms with van der Waals surface area (Å²) in [4.78, 5) is 13.6. The topological polar surface area (TPSA) is 32.3 Å². The smallest absolute Gasteiger partial charge is 0.276 e. The molecule has 0 bridgehead atoms. The number of nitrogens with one attached hydrogen (secondary N) is 1. The van der Waals surface area contributed by atoms with Crippen LogP contribution in [0, 0.1) is 0 Å². The second-order valence-electron chi connectivity index (χ2n) is 4.00. The zero-order valence-corrected chi connectivity index (χ0v) is 11.5. The number of hydrogen-bond acceptors (Lipinski definition) is 2. The van der Waals surface area contributed by atoms with Crippen LogP contribution in [0.4, 0.5) is 0 Å². The number of hydrogen-bond donors (Lipinski definition) is 1. The monoisotopic (exact) mass is 280 g/mol. The highest BCUT2D eigenvalue weighted by atomic mass is 35.5. The van der Waals surface area contributed by atoms with E-state index in [-0.39, 0.29) is 5.91 Å². The second kappa shape index (κ2) is 5.50. The molecule has 2 rings (SSSR count). The van der Waals surface area contributed by atoms with Gasteiger partial charge in [-0.25, -0.2) is 0 Å². The quantitative estimate of drug-likeness (QED) is 0.683. The number of carbonyl (C=O) groups excluding carboxylic acids is 1. The highest BCUT2D eigenvalue weighted by molar-refractivity contribution is 7.80. The summed E-state index contributed by atoms with van der Waals surface area (Å²) in [6, 6.07) is 7.29. The number of nitrogens with zero attached hydrogens (tertiary/aromatic N) is 1. The third-order valence-electron chi connectivity index (χ3n) is 2.59. The zero-order chi connectivity index (χ0) is 13.1. The van der Waals surface area contributed by atoms with Gasteiger partial charge in [0, 0.05) is 11.6 Å². The molecule has 0 atom stereocenters. The van der Waals surface area contributed by atoms with Crippen LogP contribution in [0.5, 0.6) is 0 Å². The SMILES string of the molecule is CCCN1C(=O)/C(=C/c2ccc(Cl)cc2)NC1=S. The maximum atomic E-state index is 12.1. The predicted molar refractivity (Wildman–Crippen MR) is 77.2 cm³/mol. The second-order valence-corrected chi connectivity index (χ2v) is 4.82. The molecule has 0 aromatic heterocycles. The van der Waals surface area contributed by atoms with E-state index in [1.807, 2.05) is 19.1 Å². The molecule has 1 aromatic rings. The fourth-order valence-corrected chi connectivity index (χ4v) is 2.13. The molecule has 0 radical (unpaired) electrons. The lowest BCUT2D eigenvalue weighted by molar-refractivity contribution is -0.122. The summed E-state index contributed by atoms with van der Waals surface area (Å²) < 4.78 is 0. The van der Waals surface area contributed by atoms with Crippen LogP contribution >= 0.6 is 23.8 Å². The molecule has 94 valence electrons. The van der Waals surface area contributed by atoms with Crippen molar-refractivity contribution in [2.75, 3.05) is 6.54 Å². The minimum Gasteiger partial charge on any atom is -0.328 e. The van der Waals surface area contributed by atoms with Gasteiger partial charge in [-0.15, -0.1) is 0 Å². The van der Waals surface area contributed by atoms with Crippen LogP contribution in [-0.2, 0) is 4.79 Å². The van der Waals surface area contributed by atoms with Crippen LogP contribution in [0.3, 0.4) is 0 Å². The predicted octanol–water partition coefficient (Wildman–Crippen LogP) is 2.81. The van der Waals surface area contributed by atoms with Gasteiger partial charge in [-0.1, -0.05) is 30.7 Å². The standard InChI is InChI=1S/C13H13ClN2OS/c1-2-7-16-12(17)11(15-13(16)18)8-9-3-5-10(14)6-4-9/h3-6,8H,2,7H2,1H3,(H,15,18)/b11-8-.